The summed E-state index contributed by atoms with van der Waals surface area (Å²) in [6.45, 7) is 5.15. The van der Waals surface area contributed by atoms with E-state index in [1.54, 1.807) is 17.4 Å². The molecule has 1 aliphatic carbocycles. The molecule has 6 rings (SSSR count). The van der Waals surface area contributed by atoms with E-state index in [1.807, 2.05) is 11.0 Å². The molecule has 2 N–H and O–H groups in total. The molecule has 0 radical (unpaired) electrons. The first kappa shape index (κ1) is 28.4. The molecule has 12 heteroatoms. The Kier molecular flexibility index (Phi) is 8.76. The van der Waals surface area contributed by atoms with Crippen LogP contribution in [0.25, 0.3) is 10.6 Å². The minimum atomic E-state index is -0.759. The molecule has 3 aromatic rings. The molecule has 9 nitrogen and oxygen atoms in total. The summed E-state index contributed by atoms with van der Waals surface area (Å²) >= 11 is 9.72. The van der Waals surface area contributed by atoms with Crippen LogP contribution in [0.1, 0.15) is 55.3 Å². The van der Waals surface area contributed by atoms with Gasteiger partial charge in [0.15, 0.2) is 5.13 Å². The smallest absolute Gasteiger partial charge is 0.306 e. The number of halogens is 1. The number of thiophene rings is 1. The van der Waals surface area contributed by atoms with Gasteiger partial charge in [-0.2, -0.15) is 0 Å². The van der Waals surface area contributed by atoms with Gasteiger partial charge in [0, 0.05) is 51.5 Å². The summed E-state index contributed by atoms with van der Waals surface area (Å²) in [5.41, 5.74) is 1.28. The second kappa shape index (κ2) is 12.6. The zero-order valence-corrected chi connectivity index (χ0v) is 25.3. The van der Waals surface area contributed by atoms with Crippen LogP contribution in [0.5, 0.6) is 0 Å². The van der Waals surface area contributed by atoms with Gasteiger partial charge in [0.05, 0.1) is 21.4 Å². The van der Waals surface area contributed by atoms with Gasteiger partial charge in [-0.05, 0) is 43.2 Å². The highest BCUT2D eigenvalue weighted by Gasteiger charge is 2.29. The number of carbonyl (C=O) groups is 2. The number of nitrogens with one attached hydrogen (secondary N) is 1. The molecular formula is C29H35ClN6O3S2. The van der Waals surface area contributed by atoms with Crippen molar-refractivity contribution < 1.29 is 14.7 Å². The highest BCUT2D eigenvalue weighted by molar-refractivity contribution is 7.21. The fourth-order valence-electron chi connectivity index (χ4n) is 6.19. The number of carbonyl (C=O) groups excluding carboxylic acids is 1. The number of rotatable bonds is 7. The summed E-state index contributed by atoms with van der Waals surface area (Å²) in [6.07, 6.45) is 9.32. The van der Waals surface area contributed by atoms with Crippen LogP contribution in [0.2, 0.25) is 5.02 Å². The number of piperazine rings is 1. The van der Waals surface area contributed by atoms with Crippen molar-refractivity contribution in [1.82, 2.24) is 14.9 Å². The van der Waals surface area contributed by atoms with Crippen LogP contribution in [0.15, 0.2) is 29.8 Å². The fraction of sp³-hybridized carbons (Fsp3) is 0.517. The van der Waals surface area contributed by atoms with Gasteiger partial charge < -0.3 is 14.9 Å². The first-order valence-electron chi connectivity index (χ1n) is 14.4. The summed E-state index contributed by atoms with van der Waals surface area (Å²) in [7, 11) is 0. The van der Waals surface area contributed by atoms with Crippen molar-refractivity contribution in [3.8, 4) is 10.6 Å². The maximum absolute atomic E-state index is 13.2. The molecule has 3 aromatic heterocycles. The van der Waals surface area contributed by atoms with Crippen molar-refractivity contribution in [1.29, 1.82) is 0 Å². The van der Waals surface area contributed by atoms with E-state index in [2.05, 4.69) is 31.5 Å². The Morgan fingerprint density at radius 3 is 2.41 bits per heavy atom. The van der Waals surface area contributed by atoms with Gasteiger partial charge in [-0.15, -0.1) is 11.3 Å². The number of hydrogen-bond acceptors (Lipinski definition) is 9. The van der Waals surface area contributed by atoms with Gasteiger partial charge in [-0.3, -0.25) is 19.8 Å². The van der Waals surface area contributed by atoms with E-state index in [0.717, 1.165) is 47.8 Å². The summed E-state index contributed by atoms with van der Waals surface area (Å²) in [5, 5.41) is 16.3. The normalized spacial score (nSPS) is 19.4. The van der Waals surface area contributed by atoms with E-state index in [-0.39, 0.29) is 11.8 Å². The Bertz CT molecular complexity index is 1360. The SMILES string of the molecule is O=C(Nc1nc(-c2cccs2)c(N2CCN(C3CCCCC3)CC2)s1)c1cnc(N2CCC(C(=O)O)CC2)c(Cl)c1. The average Bonchev–Trinajstić information content (AvgIpc) is 3.68. The standard InChI is InChI=1S/C29H35ClN6O3S2/c30-22-17-20(18-31-25(22)35-10-8-19(9-11-35)28(38)39)26(37)33-29-32-24(23-7-4-16-40-23)27(41-29)36-14-12-34(13-15-36)21-5-2-1-3-6-21/h4,7,16-19,21H,1-3,5-6,8-15H2,(H,38,39)(H,32,33,37). The van der Waals surface area contributed by atoms with E-state index >= 15 is 0 Å². The first-order valence-corrected chi connectivity index (χ1v) is 16.5. The zero-order chi connectivity index (χ0) is 28.3. The average molecular weight is 615 g/mol. The van der Waals surface area contributed by atoms with Gasteiger partial charge in [-0.25, -0.2) is 9.97 Å². The molecular weight excluding hydrogens is 580 g/mol. The van der Waals surface area contributed by atoms with Crippen molar-refractivity contribution >= 4 is 62.1 Å². The number of amides is 1. The van der Waals surface area contributed by atoms with E-state index in [4.69, 9.17) is 16.6 Å². The molecule has 0 aromatic carbocycles. The lowest BCUT2D eigenvalue weighted by Crippen LogP contribution is -2.50. The van der Waals surface area contributed by atoms with Crippen molar-refractivity contribution in [2.24, 2.45) is 5.92 Å². The Hall–Kier alpha value is -2.73. The Morgan fingerprint density at radius 1 is 1.00 bits per heavy atom. The van der Waals surface area contributed by atoms with Gasteiger partial charge in [0.2, 0.25) is 0 Å². The quantitative estimate of drug-likeness (QED) is 0.338. The molecule has 0 atom stereocenters. The Morgan fingerprint density at radius 2 is 1.76 bits per heavy atom. The highest BCUT2D eigenvalue weighted by atomic mass is 35.5. The Balaban J connectivity index is 1.14. The van der Waals surface area contributed by atoms with E-state index in [0.29, 0.717) is 47.5 Å². The molecule has 3 fully saturated rings. The van der Waals surface area contributed by atoms with E-state index in [1.165, 1.54) is 49.6 Å². The van der Waals surface area contributed by atoms with E-state index < -0.39 is 5.97 Å². The maximum atomic E-state index is 13.2. The lowest BCUT2D eigenvalue weighted by molar-refractivity contribution is -0.142. The minimum Gasteiger partial charge on any atom is -0.481 e. The molecule has 5 heterocycles. The Labute approximate surface area is 253 Å². The van der Waals surface area contributed by atoms with Crippen LogP contribution >= 0.6 is 34.3 Å². The molecule has 0 spiro atoms. The molecule has 1 amide bonds. The van der Waals surface area contributed by atoms with Gasteiger partial charge in [0.25, 0.3) is 5.91 Å². The third kappa shape index (κ3) is 6.38. The summed E-state index contributed by atoms with van der Waals surface area (Å²) in [4.78, 5) is 42.0. The number of thiazole rings is 1. The van der Waals surface area contributed by atoms with Crippen molar-refractivity contribution in [2.45, 2.75) is 51.0 Å². The fourth-order valence-corrected chi connectivity index (χ4v) is 8.28. The molecule has 2 aliphatic heterocycles. The molecule has 3 aliphatic rings. The molecule has 41 heavy (non-hydrogen) atoms. The van der Waals surface area contributed by atoms with Crippen LogP contribution in [0.3, 0.4) is 0 Å². The molecule has 0 bridgehead atoms. The number of carboxylic acids is 1. The molecule has 0 unspecified atom stereocenters. The number of nitrogens with zero attached hydrogens (tertiary/aromatic N) is 5. The number of hydrogen-bond donors (Lipinski definition) is 2. The van der Waals surface area contributed by atoms with Crippen LogP contribution in [-0.4, -0.2) is 77.2 Å². The van der Waals surface area contributed by atoms with Crippen LogP contribution in [-0.2, 0) is 4.79 Å². The van der Waals surface area contributed by atoms with Crippen molar-refractivity contribution in [2.75, 3.05) is 54.4 Å². The monoisotopic (exact) mass is 614 g/mol. The lowest BCUT2D eigenvalue weighted by Gasteiger charge is -2.41. The number of carboxylic acid groups (broad SMARTS) is 1. The number of aliphatic carboxylic acids is 1. The molecule has 1 saturated carbocycles. The van der Waals surface area contributed by atoms with Gasteiger partial charge in [-0.1, -0.05) is 48.3 Å². The van der Waals surface area contributed by atoms with Gasteiger partial charge >= 0.3 is 5.97 Å². The second-order valence-electron chi connectivity index (χ2n) is 11.0. The van der Waals surface area contributed by atoms with Crippen molar-refractivity contribution in [3.05, 3.63) is 40.4 Å². The molecule has 218 valence electrons. The number of aromatic nitrogens is 2. The maximum Gasteiger partial charge on any atom is 0.306 e. The van der Waals surface area contributed by atoms with E-state index in [9.17, 15) is 14.7 Å². The first-order chi connectivity index (χ1) is 20.0. The topological polar surface area (TPSA) is 102 Å². The van der Waals surface area contributed by atoms with Gasteiger partial charge in [0.1, 0.15) is 16.5 Å². The predicted molar refractivity (Wildman–Crippen MR) is 166 cm³/mol. The number of piperidine rings is 1. The minimum absolute atomic E-state index is 0.310. The van der Waals surface area contributed by atoms with Crippen LogP contribution in [0, 0.1) is 5.92 Å². The third-order valence-electron chi connectivity index (χ3n) is 8.50. The number of pyridine rings is 1. The van der Waals surface area contributed by atoms with Crippen molar-refractivity contribution in [3.63, 3.8) is 0 Å². The zero-order valence-electron chi connectivity index (χ0n) is 22.9. The highest BCUT2D eigenvalue weighted by Crippen LogP contribution is 2.41. The number of anilines is 3. The summed E-state index contributed by atoms with van der Waals surface area (Å²) in [5.74, 6) is -0.824. The largest absolute Gasteiger partial charge is 0.481 e. The predicted octanol–water partition coefficient (Wildman–Crippen LogP) is 5.93. The molecule has 2 saturated heterocycles. The summed E-state index contributed by atoms with van der Waals surface area (Å²) < 4.78 is 0. The van der Waals surface area contributed by atoms with Crippen LogP contribution < -0.4 is 15.1 Å². The lowest BCUT2D eigenvalue weighted by atomic mass is 9.94. The second-order valence-corrected chi connectivity index (χ2v) is 13.4. The van der Waals surface area contributed by atoms with Crippen LogP contribution in [0.4, 0.5) is 16.0 Å². The summed E-state index contributed by atoms with van der Waals surface area (Å²) in [6, 6.07) is 6.46. The third-order valence-corrected chi connectivity index (χ3v) is 10.7.